The Kier molecular flexibility index (Phi) is 18.1. The molecule has 0 saturated heterocycles. The minimum Gasteiger partial charge on any atom is -0.495 e. The summed E-state index contributed by atoms with van der Waals surface area (Å²) >= 11 is 0. The van der Waals surface area contributed by atoms with Gasteiger partial charge in [0, 0.05) is 13.1 Å². The molecule has 9 heteroatoms. The average Bonchev–Trinajstić information content (AvgIpc) is 2.81. The molecule has 1 amide bonds. The number of hydrogen-bond acceptors (Lipinski definition) is 8. The van der Waals surface area contributed by atoms with E-state index in [1.165, 1.54) is 13.2 Å². The Morgan fingerprint density at radius 2 is 1.82 bits per heavy atom. The van der Waals surface area contributed by atoms with Gasteiger partial charge in [0.05, 0.1) is 32.8 Å². The Labute approximate surface area is 203 Å². The normalized spacial score (nSPS) is 13.6. The van der Waals surface area contributed by atoms with E-state index >= 15 is 0 Å². The number of unbranched alkanes of at least 4 members (excludes halogenated alkanes) is 1. The van der Waals surface area contributed by atoms with Gasteiger partial charge in [0.1, 0.15) is 12.4 Å². The Morgan fingerprint density at radius 3 is 2.47 bits per heavy atom. The molecule has 0 saturated carbocycles. The van der Waals surface area contributed by atoms with Gasteiger partial charge in [-0.25, -0.2) is 0 Å². The van der Waals surface area contributed by atoms with Crippen LogP contribution in [-0.2, 0) is 28.6 Å². The Hall–Kier alpha value is -2.75. The topological polar surface area (TPSA) is 129 Å². The van der Waals surface area contributed by atoms with E-state index in [4.69, 9.17) is 15.2 Å². The highest BCUT2D eigenvalue weighted by molar-refractivity contribution is 5.91. The Morgan fingerprint density at radius 1 is 1.12 bits per heavy atom. The quantitative estimate of drug-likeness (QED) is 0.0843. The molecular formula is C25H41N3O6. The summed E-state index contributed by atoms with van der Waals surface area (Å²) in [6.45, 7) is 8.80. The van der Waals surface area contributed by atoms with Crippen molar-refractivity contribution in [1.29, 1.82) is 0 Å². The summed E-state index contributed by atoms with van der Waals surface area (Å²) in [5.41, 5.74) is 6.60. The molecule has 0 aromatic heterocycles. The van der Waals surface area contributed by atoms with Crippen LogP contribution >= 0.6 is 0 Å². The fourth-order valence-electron chi connectivity index (χ4n) is 2.70. The molecule has 0 aromatic rings. The molecule has 9 nitrogen and oxygen atoms in total. The van der Waals surface area contributed by atoms with Gasteiger partial charge < -0.3 is 30.6 Å². The van der Waals surface area contributed by atoms with Gasteiger partial charge in [-0.15, -0.1) is 0 Å². The van der Waals surface area contributed by atoms with Gasteiger partial charge in [-0.1, -0.05) is 25.2 Å². The smallest absolute Gasteiger partial charge is 0.307 e. The molecule has 0 heterocycles. The van der Waals surface area contributed by atoms with Crippen LogP contribution < -0.4 is 16.4 Å². The van der Waals surface area contributed by atoms with E-state index in [-0.39, 0.29) is 49.4 Å². The lowest BCUT2D eigenvalue weighted by Crippen LogP contribution is -2.26. The maximum atomic E-state index is 12.2. The monoisotopic (exact) mass is 479 g/mol. The highest BCUT2D eigenvalue weighted by atomic mass is 16.5. The number of nitrogens with one attached hydrogen (secondary N) is 2. The summed E-state index contributed by atoms with van der Waals surface area (Å²) in [5, 5.41) is 5.61. The standard InChI is InChI=1S/C25H41N3O6/c1-6-33-19(2)10-11-21(15-20(3)34-18-24(30)27-4)12-13-23(29)17-28-14-8-7-9-22(26)16-25(31)32-5/h10-13,15,20,22,28H,2,6-9,14,16-18,26H2,1,3-5H3,(H,27,30)/b11-10-,13-12+,21-15+. The van der Waals surface area contributed by atoms with Crippen molar-refractivity contribution >= 4 is 17.7 Å². The summed E-state index contributed by atoms with van der Waals surface area (Å²) in [7, 11) is 2.89. The zero-order chi connectivity index (χ0) is 25.8. The van der Waals surface area contributed by atoms with Gasteiger partial charge in [-0.05, 0) is 57.0 Å². The predicted octanol–water partition coefficient (Wildman–Crippen LogP) is 1.95. The van der Waals surface area contributed by atoms with Crippen molar-refractivity contribution in [1.82, 2.24) is 10.6 Å². The number of hydrogen-bond donors (Lipinski definition) is 3. The van der Waals surface area contributed by atoms with Gasteiger partial charge in [0.15, 0.2) is 5.78 Å². The number of esters is 1. The maximum absolute atomic E-state index is 12.2. The zero-order valence-electron chi connectivity index (χ0n) is 20.9. The number of ether oxygens (including phenoxy) is 3. The minimum absolute atomic E-state index is 0.0586. The average molecular weight is 480 g/mol. The Balaban J connectivity index is 4.63. The molecule has 192 valence electrons. The van der Waals surface area contributed by atoms with E-state index < -0.39 is 0 Å². The lowest BCUT2D eigenvalue weighted by Gasteiger charge is -2.10. The summed E-state index contributed by atoms with van der Waals surface area (Å²) in [6.07, 6.45) is 10.7. The molecule has 0 rings (SSSR count). The van der Waals surface area contributed by atoms with Crippen LogP contribution in [0.25, 0.3) is 0 Å². The predicted molar refractivity (Wildman–Crippen MR) is 133 cm³/mol. The molecule has 0 spiro atoms. The number of nitrogens with two attached hydrogens (primary N) is 1. The summed E-state index contributed by atoms with van der Waals surface area (Å²) in [4.78, 5) is 34.8. The first-order valence-electron chi connectivity index (χ1n) is 11.5. The molecule has 0 aliphatic rings. The largest absolute Gasteiger partial charge is 0.495 e. The van der Waals surface area contributed by atoms with Crippen LogP contribution in [-0.4, -0.2) is 70.3 Å². The fourth-order valence-corrected chi connectivity index (χ4v) is 2.70. The van der Waals surface area contributed by atoms with Crippen LogP contribution in [0, 0.1) is 0 Å². The van der Waals surface area contributed by atoms with Crippen LogP contribution in [0.2, 0.25) is 0 Å². The van der Waals surface area contributed by atoms with Gasteiger partial charge in [-0.2, -0.15) is 0 Å². The number of allylic oxidation sites excluding steroid dienone is 4. The number of rotatable bonds is 19. The fraction of sp³-hybridized carbons (Fsp3) is 0.560. The van der Waals surface area contributed by atoms with E-state index in [2.05, 4.69) is 21.9 Å². The number of likely N-dealkylation sites (N-methyl/N-ethyl adjacent to an activating group) is 1. The number of amides is 1. The van der Waals surface area contributed by atoms with Gasteiger partial charge >= 0.3 is 5.97 Å². The number of carbonyl (C=O) groups is 3. The van der Waals surface area contributed by atoms with E-state index in [1.54, 1.807) is 31.4 Å². The molecule has 0 aromatic carbocycles. The second kappa shape index (κ2) is 19.7. The first kappa shape index (κ1) is 31.2. The number of methoxy groups -OCH3 is 1. The molecule has 0 aliphatic carbocycles. The third-order valence-corrected chi connectivity index (χ3v) is 4.57. The van der Waals surface area contributed by atoms with Crippen molar-refractivity contribution in [3.8, 4) is 0 Å². The molecule has 0 fully saturated rings. The molecule has 2 unspecified atom stereocenters. The van der Waals surface area contributed by atoms with Crippen molar-refractivity contribution in [3.05, 3.63) is 48.3 Å². The van der Waals surface area contributed by atoms with Crippen LogP contribution in [0.4, 0.5) is 0 Å². The van der Waals surface area contributed by atoms with Crippen LogP contribution in [0.1, 0.15) is 39.5 Å². The van der Waals surface area contributed by atoms with Crippen molar-refractivity contribution in [2.45, 2.75) is 51.7 Å². The summed E-state index contributed by atoms with van der Waals surface area (Å²) in [5.74, 6) is -0.102. The van der Waals surface area contributed by atoms with Crippen LogP contribution in [0.3, 0.4) is 0 Å². The first-order valence-corrected chi connectivity index (χ1v) is 11.5. The zero-order valence-corrected chi connectivity index (χ0v) is 20.9. The van der Waals surface area contributed by atoms with Crippen LogP contribution in [0.5, 0.6) is 0 Å². The second-order valence-corrected chi connectivity index (χ2v) is 7.60. The number of ketones is 1. The second-order valence-electron chi connectivity index (χ2n) is 7.60. The molecule has 0 bridgehead atoms. The van der Waals surface area contributed by atoms with Crippen molar-refractivity contribution < 1.29 is 28.6 Å². The highest BCUT2D eigenvalue weighted by Gasteiger charge is 2.09. The lowest BCUT2D eigenvalue weighted by atomic mass is 10.1. The SMILES string of the molecule is C=C(\C=C/C(/C=C/C(=O)CNCCCCC(N)CC(=O)OC)=C\C(C)OCC(=O)NC)OCC. The maximum Gasteiger partial charge on any atom is 0.307 e. The highest BCUT2D eigenvalue weighted by Crippen LogP contribution is 2.08. The van der Waals surface area contributed by atoms with E-state index in [9.17, 15) is 14.4 Å². The van der Waals surface area contributed by atoms with Crippen LogP contribution in [0.15, 0.2) is 48.3 Å². The van der Waals surface area contributed by atoms with Gasteiger partial charge in [0.25, 0.3) is 0 Å². The van der Waals surface area contributed by atoms with Gasteiger partial charge in [-0.3, -0.25) is 14.4 Å². The summed E-state index contributed by atoms with van der Waals surface area (Å²) in [6, 6.07) is -0.211. The first-order chi connectivity index (χ1) is 16.2. The van der Waals surface area contributed by atoms with E-state index in [1.807, 2.05) is 13.8 Å². The van der Waals surface area contributed by atoms with Crippen molar-refractivity contribution in [3.63, 3.8) is 0 Å². The lowest BCUT2D eigenvalue weighted by molar-refractivity contribution is -0.141. The Bertz CT molecular complexity index is 730. The molecule has 0 aliphatic heterocycles. The van der Waals surface area contributed by atoms with Gasteiger partial charge in [0.2, 0.25) is 5.91 Å². The molecule has 0 radical (unpaired) electrons. The molecular weight excluding hydrogens is 438 g/mol. The van der Waals surface area contributed by atoms with Crippen molar-refractivity contribution in [2.24, 2.45) is 5.73 Å². The van der Waals surface area contributed by atoms with Crippen molar-refractivity contribution in [2.75, 3.05) is 40.5 Å². The molecule has 4 N–H and O–H groups in total. The minimum atomic E-state index is -0.347. The molecule has 2 atom stereocenters. The van der Waals surface area contributed by atoms with E-state index in [0.717, 1.165) is 24.8 Å². The third-order valence-electron chi connectivity index (χ3n) is 4.57. The molecule has 34 heavy (non-hydrogen) atoms. The van der Waals surface area contributed by atoms with E-state index in [0.29, 0.717) is 18.9 Å². The number of carbonyl (C=O) groups excluding carboxylic acids is 3. The third kappa shape index (κ3) is 17.8. The summed E-state index contributed by atoms with van der Waals surface area (Å²) < 4.78 is 15.4.